The van der Waals surface area contributed by atoms with Crippen molar-refractivity contribution in [2.45, 2.75) is 68.7 Å². The average molecular weight is 701 g/mol. The Kier molecular flexibility index (Phi) is 9.49. The molecule has 0 saturated carbocycles. The summed E-state index contributed by atoms with van der Waals surface area (Å²) < 4.78 is 96.0. The van der Waals surface area contributed by atoms with E-state index in [9.17, 15) is 46.1 Å². The molecule has 25 heteroatoms. The van der Waals surface area contributed by atoms with Gasteiger partial charge < -0.3 is 40.6 Å². The number of rotatable bonds is 6. The van der Waals surface area contributed by atoms with Crippen LogP contribution in [0.25, 0.3) is 22.3 Å². The maximum Gasteiger partial charge on any atom is 0.523 e. The Bertz CT molecular complexity index is 1740. The topological polar surface area (TPSA) is 271 Å². The molecule has 19 nitrogen and oxygen atoms in total. The summed E-state index contributed by atoms with van der Waals surface area (Å²) in [5.74, 6) is -0.0559. The van der Waals surface area contributed by atoms with Crippen molar-refractivity contribution in [2.75, 3.05) is 18.9 Å². The molecule has 4 aromatic rings. The molecule has 0 aromatic carbocycles. The molecule has 48 heavy (non-hydrogen) atoms. The number of hydrogen-bond acceptors (Lipinski definition) is 15. The summed E-state index contributed by atoms with van der Waals surface area (Å²) in [4.78, 5) is 43.5. The number of aryl methyl sites for hydroxylation is 1. The van der Waals surface area contributed by atoms with E-state index in [0.717, 1.165) is 21.8 Å². The standard InChI is InChI=1S/C12H13F3N4O5.C11H12F3N5O5/c1-4-17-9-6(10(22)18-4)16-3-19(9)11-8(24-12(13,14)15)7(21)5(2-20)23-11;12-11(13,14)24-6-5(21)3(1-20)23-9(6)19-2-16-4-7(19)17-10(15)18-8(4)22/h3,5,7-8,11,20-21H,2H2,1H3,(H,17,18,22);2-3,5-6,9,20-21H,1H2,(H3,15,17,18,22)/t5-,7+,8?,11-;3-,5+,6?,9-/m11/s1. The van der Waals surface area contributed by atoms with Crippen LogP contribution in [0.5, 0.6) is 0 Å². The fourth-order valence-electron chi connectivity index (χ4n) is 5.10. The summed E-state index contributed by atoms with van der Waals surface area (Å²) in [6, 6.07) is 0. The lowest BCUT2D eigenvalue weighted by atomic mass is 10.1. The van der Waals surface area contributed by atoms with Gasteiger partial charge in [-0.3, -0.25) is 33.2 Å². The van der Waals surface area contributed by atoms with E-state index in [0.29, 0.717) is 0 Å². The number of anilines is 1. The van der Waals surface area contributed by atoms with Crippen LogP contribution in [-0.2, 0) is 18.9 Å². The summed E-state index contributed by atoms with van der Waals surface area (Å²) in [5, 5.41) is 38.1. The second-order valence-corrected chi connectivity index (χ2v) is 10.3. The highest BCUT2D eigenvalue weighted by Crippen LogP contribution is 2.38. The van der Waals surface area contributed by atoms with Crippen molar-refractivity contribution in [3.63, 3.8) is 0 Å². The molecule has 2 aliphatic heterocycles. The number of alkyl halides is 6. The highest BCUT2D eigenvalue weighted by molar-refractivity contribution is 5.71. The van der Waals surface area contributed by atoms with Crippen molar-refractivity contribution in [3.8, 4) is 0 Å². The van der Waals surface area contributed by atoms with E-state index < -0.39 is 86.1 Å². The van der Waals surface area contributed by atoms with Gasteiger partial charge in [-0.15, -0.1) is 26.3 Å². The van der Waals surface area contributed by atoms with Crippen LogP contribution in [0.4, 0.5) is 32.3 Å². The number of hydrogen-bond donors (Lipinski definition) is 7. The summed E-state index contributed by atoms with van der Waals surface area (Å²) in [6.07, 6.45) is -20.9. The van der Waals surface area contributed by atoms with Gasteiger partial charge in [-0.2, -0.15) is 4.98 Å². The van der Waals surface area contributed by atoms with Crippen molar-refractivity contribution in [3.05, 3.63) is 39.2 Å². The summed E-state index contributed by atoms with van der Waals surface area (Å²) in [5.41, 5.74) is 3.70. The van der Waals surface area contributed by atoms with Gasteiger partial charge in [0.25, 0.3) is 11.1 Å². The number of aromatic nitrogens is 8. The molecule has 2 fully saturated rings. The van der Waals surface area contributed by atoms with Gasteiger partial charge in [0.05, 0.1) is 25.9 Å². The van der Waals surface area contributed by atoms with Gasteiger partial charge in [-0.1, -0.05) is 0 Å². The van der Waals surface area contributed by atoms with E-state index in [1.807, 2.05) is 0 Å². The van der Waals surface area contributed by atoms with Crippen molar-refractivity contribution >= 4 is 28.3 Å². The van der Waals surface area contributed by atoms with E-state index in [4.69, 9.17) is 25.4 Å². The van der Waals surface area contributed by atoms with Gasteiger partial charge in [0, 0.05) is 0 Å². The second kappa shape index (κ2) is 13.0. The highest BCUT2D eigenvalue weighted by atomic mass is 19.4. The molecule has 0 radical (unpaired) electrons. The first-order chi connectivity index (χ1) is 22.4. The number of nitrogen functional groups attached to an aromatic ring is 1. The van der Waals surface area contributed by atoms with E-state index in [2.05, 4.69) is 39.4 Å². The highest BCUT2D eigenvalue weighted by Gasteiger charge is 2.52. The first kappa shape index (κ1) is 35.1. The van der Waals surface area contributed by atoms with Crippen LogP contribution < -0.4 is 16.9 Å². The zero-order chi connectivity index (χ0) is 35.3. The molecule has 8 atom stereocenters. The molecule has 6 rings (SSSR count). The molecule has 2 saturated heterocycles. The number of nitrogens with zero attached hydrogens (tertiary/aromatic N) is 6. The van der Waals surface area contributed by atoms with Gasteiger partial charge in [0.15, 0.2) is 34.8 Å². The zero-order valence-corrected chi connectivity index (χ0v) is 24.0. The monoisotopic (exact) mass is 701 g/mol. The van der Waals surface area contributed by atoms with E-state index >= 15 is 0 Å². The number of imidazole rings is 2. The predicted octanol–water partition coefficient (Wildman–Crippen LogP) is -1.56. The fourth-order valence-corrected chi connectivity index (χ4v) is 5.10. The number of H-pyrrole nitrogens is 2. The molecule has 2 unspecified atom stereocenters. The van der Waals surface area contributed by atoms with Gasteiger partial charge >= 0.3 is 12.7 Å². The largest absolute Gasteiger partial charge is 0.523 e. The number of fused-ring (bicyclic) bond motifs is 2. The minimum Gasteiger partial charge on any atom is -0.394 e. The number of halogens is 6. The lowest BCUT2D eigenvalue weighted by Crippen LogP contribution is -2.39. The molecule has 2 aliphatic rings. The third-order valence-corrected chi connectivity index (χ3v) is 7.07. The van der Waals surface area contributed by atoms with Crippen LogP contribution in [0.3, 0.4) is 0 Å². The summed E-state index contributed by atoms with van der Waals surface area (Å²) in [7, 11) is 0. The molecule has 0 amide bonds. The maximum absolute atomic E-state index is 12.6. The SMILES string of the molecule is Cc1nc2c(ncn2[C@@H]2O[C@H](CO)[C@H](O)C2OC(F)(F)F)c(=O)[nH]1.Nc1nc2c(ncn2[C@@H]2O[C@H](CO)[C@H](O)C2OC(F)(F)F)c(=O)[nH]1. The minimum absolute atomic E-state index is 0.0252. The van der Waals surface area contributed by atoms with Crippen LogP contribution in [0.1, 0.15) is 18.3 Å². The molecule has 0 bridgehead atoms. The quantitative estimate of drug-likeness (QED) is 0.112. The smallest absolute Gasteiger partial charge is 0.394 e. The Morgan fingerprint density at radius 2 is 1.23 bits per heavy atom. The first-order valence-electron chi connectivity index (χ1n) is 13.5. The molecular formula is C23H25F6N9O10. The van der Waals surface area contributed by atoms with Crippen LogP contribution in [-0.4, -0.2) is 122 Å². The van der Waals surface area contributed by atoms with Gasteiger partial charge in [0.1, 0.15) is 42.4 Å². The number of nitrogens with one attached hydrogen (secondary N) is 2. The zero-order valence-electron chi connectivity index (χ0n) is 24.0. The van der Waals surface area contributed by atoms with Crippen LogP contribution in [0.2, 0.25) is 0 Å². The number of ether oxygens (including phenoxy) is 4. The number of aliphatic hydroxyl groups is 4. The van der Waals surface area contributed by atoms with E-state index in [1.54, 1.807) is 0 Å². The van der Waals surface area contributed by atoms with E-state index in [-0.39, 0.29) is 34.1 Å². The number of aliphatic hydroxyl groups excluding tert-OH is 4. The maximum atomic E-state index is 12.6. The molecule has 8 N–H and O–H groups in total. The molecule has 0 spiro atoms. The molecule has 6 heterocycles. The third-order valence-electron chi connectivity index (χ3n) is 7.07. The normalized spacial score (nSPS) is 27.9. The van der Waals surface area contributed by atoms with Crippen LogP contribution in [0.15, 0.2) is 22.2 Å². The molecule has 4 aromatic heterocycles. The molecular weight excluding hydrogens is 676 g/mol. The van der Waals surface area contributed by atoms with Crippen molar-refractivity contribution in [1.29, 1.82) is 0 Å². The van der Waals surface area contributed by atoms with Crippen molar-refractivity contribution < 1.29 is 65.7 Å². The molecule has 264 valence electrons. The Labute approximate surface area is 260 Å². The van der Waals surface area contributed by atoms with Gasteiger partial charge in [-0.05, 0) is 6.92 Å². The van der Waals surface area contributed by atoms with Crippen molar-refractivity contribution in [1.82, 2.24) is 39.0 Å². The number of aromatic amines is 2. The van der Waals surface area contributed by atoms with Crippen molar-refractivity contribution in [2.24, 2.45) is 0 Å². The lowest BCUT2D eigenvalue weighted by molar-refractivity contribution is -0.356. The average Bonchev–Trinajstić information content (AvgIpc) is 3.73. The number of nitrogens with two attached hydrogens (primary N) is 1. The third kappa shape index (κ3) is 6.97. The van der Waals surface area contributed by atoms with E-state index in [1.165, 1.54) is 6.92 Å². The second-order valence-electron chi connectivity index (χ2n) is 10.3. The first-order valence-corrected chi connectivity index (χ1v) is 13.5. The fraction of sp³-hybridized carbons (Fsp3) is 0.565. The summed E-state index contributed by atoms with van der Waals surface area (Å²) >= 11 is 0. The molecule has 0 aliphatic carbocycles. The van der Waals surface area contributed by atoms with Gasteiger partial charge in [0.2, 0.25) is 5.95 Å². The Morgan fingerprint density at radius 1 is 0.812 bits per heavy atom. The van der Waals surface area contributed by atoms with Crippen LogP contribution >= 0.6 is 0 Å². The Hall–Kier alpha value is -4.24. The minimum atomic E-state index is -5.06. The summed E-state index contributed by atoms with van der Waals surface area (Å²) in [6.45, 7) is 0.0377. The van der Waals surface area contributed by atoms with Gasteiger partial charge in [-0.25, -0.2) is 15.0 Å². The Balaban J connectivity index is 0.000000188. The lowest BCUT2D eigenvalue weighted by Gasteiger charge is -2.22. The Morgan fingerprint density at radius 3 is 1.65 bits per heavy atom. The predicted molar refractivity (Wildman–Crippen MR) is 141 cm³/mol. The van der Waals surface area contributed by atoms with Crippen LogP contribution in [0, 0.1) is 6.92 Å².